The molecule has 1 fully saturated rings. The van der Waals surface area contributed by atoms with Crippen molar-refractivity contribution < 1.29 is 0 Å². The molecule has 0 aliphatic carbocycles. The highest BCUT2D eigenvalue weighted by molar-refractivity contribution is 8.23. The van der Waals surface area contributed by atoms with Crippen LogP contribution in [0.25, 0.3) is 0 Å². The van der Waals surface area contributed by atoms with Crippen LogP contribution in [0.15, 0.2) is 0 Å². The quantitative estimate of drug-likeness (QED) is 0.577. The fourth-order valence-electron chi connectivity index (χ4n) is 0.752. The Kier molecular flexibility index (Phi) is 2.88. The minimum atomic E-state index is 0.400. The van der Waals surface area contributed by atoms with Crippen LogP contribution in [0.3, 0.4) is 0 Å². The van der Waals surface area contributed by atoms with Crippen molar-refractivity contribution in [3.05, 3.63) is 0 Å². The van der Waals surface area contributed by atoms with Crippen LogP contribution in [-0.4, -0.2) is 26.6 Å². The predicted molar refractivity (Wildman–Crippen MR) is 53.2 cm³/mol. The van der Waals surface area contributed by atoms with Crippen molar-refractivity contribution in [3.63, 3.8) is 0 Å². The van der Waals surface area contributed by atoms with Crippen molar-refractivity contribution >= 4 is 45.6 Å². The Bertz CT molecular complexity index is 168. The summed E-state index contributed by atoms with van der Waals surface area (Å²) in [4.78, 5) is 1.80. The van der Waals surface area contributed by atoms with Gasteiger partial charge in [0.25, 0.3) is 0 Å². The lowest BCUT2D eigenvalue weighted by Gasteiger charge is -2.26. The number of hydrogen-bond donors (Lipinski definition) is 1. The average molecular weight is 192 g/mol. The van der Waals surface area contributed by atoms with E-state index in [0.717, 1.165) is 23.0 Å². The van der Waals surface area contributed by atoms with Crippen LogP contribution in [0, 0.1) is 0 Å². The summed E-state index contributed by atoms with van der Waals surface area (Å²) < 4.78 is 0.818. The molecule has 1 rings (SSSR count). The highest BCUT2D eigenvalue weighted by Gasteiger charge is 2.16. The maximum atomic E-state index is 5.41. The molecular formula is C5H8N2S3. The van der Waals surface area contributed by atoms with Gasteiger partial charge in [0.15, 0.2) is 5.11 Å². The highest BCUT2D eigenvalue weighted by atomic mass is 32.2. The number of nitrogens with zero attached hydrogens (tertiary/aromatic N) is 1. The van der Waals surface area contributed by atoms with E-state index in [1.54, 1.807) is 16.7 Å². The summed E-state index contributed by atoms with van der Waals surface area (Å²) >= 11 is 11.5. The molecule has 0 aromatic rings. The van der Waals surface area contributed by atoms with Crippen molar-refractivity contribution in [2.45, 2.75) is 6.42 Å². The number of rotatable bonds is 0. The van der Waals surface area contributed by atoms with E-state index in [1.807, 2.05) is 0 Å². The summed E-state index contributed by atoms with van der Waals surface area (Å²) in [5.41, 5.74) is 5.41. The Morgan fingerprint density at radius 2 is 2.40 bits per heavy atom. The molecule has 0 spiro atoms. The number of thiocarbonyl (C=S) groups is 2. The lowest BCUT2D eigenvalue weighted by Crippen LogP contribution is -2.41. The minimum Gasteiger partial charge on any atom is -0.376 e. The molecule has 0 aromatic heterocycles. The van der Waals surface area contributed by atoms with Gasteiger partial charge >= 0.3 is 0 Å². The molecule has 0 unspecified atom stereocenters. The monoisotopic (exact) mass is 192 g/mol. The van der Waals surface area contributed by atoms with E-state index in [-0.39, 0.29) is 0 Å². The first-order chi connectivity index (χ1) is 4.72. The Hall–Kier alpha value is 0.130. The normalized spacial score (nSPS) is 19.2. The first-order valence-electron chi connectivity index (χ1n) is 2.95. The molecule has 0 atom stereocenters. The zero-order valence-corrected chi connectivity index (χ0v) is 7.82. The summed E-state index contributed by atoms with van der Waals surface area (Å²) in [6.45, 7) is 0.890. The third-order valence-electron chi connectivity index (χ3n) is 1.24. The van der Waals surface area contributed by atoms with Crippen molar-refractivity contribution in [3.8, 4) is 0 Å². The molecule has 2 nitrogen and oxygen atoms in total. The molecule has 2 N–H and O–H groups in total. The van der Waals surface area contributed by atoms with Crippen molar-refractivity contribution in [2.24, 2.45) is 5.73 Å². The van der Waals surface area contributed by atoms with Gasteiger partial charge in [-0.3, -0.25) is 0 Å². The predicted octanol–water partition coefficient (Wildman–Crippen LogP) is 0.954. The van der Waals surface area contributed by atoms with E-state index in [0.29, 0.717) is 5.11 Å². The van der Waals surface area contributed by atoms with Crippen LogP contribution in [0.2, 0.25) is 0 Å². The number of nitrogens with two attached hydrogens (primary N) is 1. The Morgan fingerprint density at radius 1 is 1.70 bits per heavy atom. The van der Waals surface area contributed by atoms with Crippen LogP contribution >= 0.6 is 36.2 Å². The van der Waals surface area contributed by atoms with E-state index >= 15 is 0 Å². The lowest BCUT2D eigenvalue weighted by molar-refractivity contribution is 0.611. The average Bonchev–Trinajstić information content (AvgIpc) is 1.88. The number of hydrogen-bond acceptors (Lipinski definition) is 3. The van der Waals surface area contributed by atoms with E-state index < -0.39 is 0 Å². The second-order valence-corrected chi connectivity index (χ2v) is 4.10. The van der Waals surface area contributed by atoms with E-state index in [1.165, 1.54) is 0 Å². The van der Waals surface area contributed by atoms with Crippen LogP contribution in [0.4, 0.5) is 0 Å². The van der Waals surface area contributed by atoms with Crippen molar-refractivity contribution in [1.29, 1.82) is 0 Å². The van der Waals surface area contributed by atoms with Gasteiger partial charge in [0.1, 0.15) is 4.32 Å². The zero-order valence-electron chi connectivity index (χ0n) is 5.37. The fourth-order valence-corrected chi connectivity index (χ4v) is 2.28. The van der Waals surface area contributed by atoms with Gasteiger partial charge in [-0.15, -0.1) is 0 Å². The molecule has 0 radical (unpaired) electrons. The van der Waals surface area contributed by atoms with Gasteiger partial charge < -0.3 is 10.6 Å². The summed E-state index contributed by atoms with van der Waals surface area (Å²) in [5.74, 6) is 1.10. The Labute approximate surface area is 75.1 Å². The second kappa shape index (κ2) is 3.50. The molecule has 56 valence electrons. The summed E-state index contributed by atoms with van der Waals surface area (Å²) in [7, 11) is 0. The Morgan fingerprint density at radius 3 is 2.80 bits per heavy atom. The Balaban J connectivity index is 2.56. The second-order valence-electron chi connectivity index (χ2n) is 1.96. The smallest absolute Gasteiger partial charge is 0.171 e. The molecular weight excluding hydrogens is 184 g/mol. The van der Waals surface area contributed by atoms with Crippen molar-refractivity contribution in [2.75, 3.05) is 12.3 Å². The summed E-state index contributed by atoms with van der Waals surface area (Å²) in [5, 5.41) is 0.400. The van der Waals surface area contributed by atoms with Gasteiger partial charge in [0.05, 0.1) is 0 Å². The van der Waals surface area contributed by atoms with Crippen LogP contribution in [-0.2, 0) is 0 Å². The molecule has 0 aromatic carbocycles. The van der Waals surface area contributed by atoms with E-state index in [2.05, 4.69) is 0 Å². The zero-order chi connectivity index (χ0) is 7.56. The van der Waals surface area contributed by atoms with Gasteiger partial charge in [-0.25, -0.2) is 0 Å². The number of thioether (sulfide) groups is 1. The lowest BCUT2D eigenvalue weighted by atomic mass is 10.4. The first-order valence-corrected chi connectivity index (χ1v) is 4.76. The third kappa shape index (κ3) is 1.81. The largest absolute Gasteiger partial charge is 0.376 e. The van der Waals surface area contributed by atoms with Crippen LogP contribution < -0.4 is 5.73 Å². The molecule has 1 saturated heterocycles. The first kappa shape index (κ1) is 8.23. The van der Waals surface area contributed by atoms with Gasteiger partial charge in [0, 0.05) is 12.3 Å². The standard InChI is InChI=1S/C5H8N2S3/c6-4(8)7-2-1-3-10-5(7)9/h1-3H2,(H2,6,8). The minimum absolute atomic E-state index is 0.400. The van der Waals surface area contributed by atoms with Crippen molar-refractivity contribution in [1.82, 2.24) is 4.90 Å². The van der Waals surface area contributed by atoms with E-state index in [4.69, 9.17) is 30.2 Å². The van der Waals surface area contributed by atoms with Crippen LogP contribution in [0.1, 0.15) is 6.42 Å². The topological polar surface area (TPSA) is 29.3 Å². The van der Waals surface area contributed by atoms with Gasteiger partial charge in [0.2, 0.25) is 0 Å². The van der Waals surface area contributed by atoms with Gasteiger partial charge in [-0.2, -0.15) is 0 Å². The molecule has 5 heteroatoms. The highest BCUT2D eigenvalue weighted by Crippen LogP contribution is 2.16. The molecule has 10 heavy (non-hydrogen) atoms. The maximum Gasteiger partial charge on any atom is 0.171 e. The molecule has 1 aliphatic rings. The SMILES string of the molecule is NC(=S)N1CCCSC1=S. The van der Waals surface area contributed by atoms with Gasteiger partial charge in [-0.05, 0) is 18.6 Å². The third-order valence-corrected chi connectivity index (χ3v) is 2.99. The molecule has 0 bridgehead atoms. The van der Waals surface area contributed by atoms with Crippen LogP contribution in [0.5, 0.6) is 0 Å². The van der Waals surface area contributed by atoms with E-state index in [9.17, 15) is 0 Å². The summed E-state index contributed by atoms with van der Waals surface area (Å²) in [6, 6.07) is 0. The molecule has 1 aliphatic heterocycles. The molecule has 0 saturated carbocycles. The molecule has 0 amide bonds. The molecule has 1 heterocycles. The van der Waals surface area contributed by atoms with Gasteiger partial charge in [-0.1, -0.05) is 24.0 Å². The maximum absolute atomic E-state index is 5.41. The fraction of sp³-hybridized carbons (Fsp3) is 0.600. The summed E-state index contributed by atoms with van der Waals surface area (Å²) in [6.07, 6.45) is 1.11.